The standard InChI is InChI=1S/C11H19NOSi/c1-9-6-7-10(13-2)8-11(9)12-14(3,4)5/h6-8,12H,1-5H3. The predicted molar refractivity (Wildman–Crippen MR) is 64.7 cm³/mol. The normalized spacial score (nSPS) is 11.2. The number of aryl methyl sites for hydroxylation is 1. The molecule has 1 N–H and O–H groups in total. The molecule has 0 bridgehead atoms. The maximum absolute atomic E-state index is 5.20. The van der Waals surface area contributed by atoms with Crippen molar-refractivity contribution in [1.29, 1.82) is 0 Å². The van der Waals surface area contributed by atoms with Gasteiger partial charge >= 0.3 is 0 Å². The maximum atomic E-state index is 5.20. The highest BCUT2D eigenvalue weighted by molar-refractivity contribution is 6.79. The van der Waals surface area contributed by atoms with E-state index in [1.807, 2.05) is 6.07 Å². The summed E-state index contributed by atoms with van der Waals surface area (Å²) in [7, 11) is 0.427. The van der Waals surface area contributed by atoms with Crippen LogP contribution in [0.2, 0.25) is 19.6 Å². The second kappa shape index (κ2) is 4.05. The van der Waals surface area contributed by atoms with E-state index in [4.69, 9.17) is 4.74 Å². The average Bonchev–Trinajstić information content (AvgIpc) is 2.06. The first-order valence-electron chi connectivity index (χ1n) is 4.85. The lowest BCUT2D eigenvalue weighted by Crippen LogP contribution is -2.32. The lowest BCUT2D eigenvalue weighted by Gasteiger charge is -2.21. The number of ether oxygens (including phenoxy) is 1. The Bertz CT molecular complexity index is 318. The van der Waals surface area contributed by atoms with Crippen LogP contribution in [0, 0.1) is 6.92 Å². The molecular formula is C11H19NOSi. The average molecular weight is 209 g/mol. The largest absolute Gasteiger partial charge is 0.497 e. The fourth-order valence-electron chi connectivity index (χ4n) is 1.27. The Balaban J connectivity index is 2.95. The zero-order valence-electron chi connectivity index (χ0n) is 9.64. The van der Waals surface area contributed by atoms with Crippen molar-refractivity contribution in [1.82, 2.24) is 0 Å². The van der Waals surface area contributed by atoms with Gasteiger partial charge in [-0.25, -0.2) is 0 Å². The maximum Gasteiger partial charge on any atom is 0.144 e. The van der Waals surface area contributed by atoms with Crippen LogP contribution in [0.1, 0.15) is 5.56 Å². The number of hydrogen-bond acceptors (Lipinski definition) is 2. The molecule has 0 unspecified atom stereocenters. The van der Waals surface area contributed by atoms with Gasteiger partial charge in [0.15, 0.2) is 0 Å². The predicted octanol–water partition coefficient (Wildman–Crippen LogP) is 3.25. The van der Waals surface area contributed by atoms with Crippen LogP contribution in [-0.2, 0) is 0 Å². The summed E-state index contributed by atoms with van der Waals surface area (Å²) in [6.45, 7) is 8.96. The van der Waals surface area contributed by atoms with Crippen molar-refractivity contribution in [3.05, 3.63) is 23.8 Å². The minimum Gasteiger partial charge on any atom is -0.497 e. The molecule has 0 saturated carbocycles. The molecule has 2 nitrogen and oxygen atoms in total. The van der Waals surface area contributed by atoms with Crippen LogP contribution in [0.5, 0.6) is 5.75 Å². The number of nitrogens with one attached hydrogen (secondary N) is 1. The molecule has 0 radical (unpaired) electrons. The second-order valence-corrected chi connectivity index (χ2v) is 9.31. The van der Waals surface area contributed by atoms with Crippen molar-refractivity contribution in [3.63, 3.8) is 0 Å². The lowest BCUT2D eigenvalue weighted by atomic mass is 10.2. The minimum absolute atomic E-state index is 0.913. The molecule has 3 heteroatoms. The van der Waals surface area contributed by atoms with Crippen LogP contribution in [0.4, 0.5) is 5.69 Å². The van der Waals surface area contributed by atoms with Gasteiger partial charge in [-0.2, -0.15) is 0 Å². The summed E-state index contributed by atoms with van der Waals surface area (Å²) in [5.74, 6) is 0.913. The first-order valence-corrected chi connectivity index (χ1v) is 8.35. The molecule has 1 aromatic rings. The fraction of sp³-hybridized carbons (Fsp3) is 0.455. The van der Waals surface area contributed by atoms with Gasteiger partial charge in [-0.15, -0.1) is 0 Å². The smallest absolute Gasteiger partial charge is 0.144 e. The summed E-state index contributed by atoms with van der Waals surface area (Å²) in [6.07, 6.45) is 0. The van der Waals surface area contributed by atoms with Crippen molar-refractivity contribution in [2.24, 2.45) is 0 Å². The molecule has 0 spiro atoms. The highest BCUT2D eigenvalue weighted by Crippen LogP contribution is 2.23. The molecule has 1 aromatic carbocycles. The van der Waals surface area contributed by atoms with Crippen molar-refractivity contribution in [2.45, 2.75) is 26.6 Å². The summed E-state index contributed by atoms with van der Waals surface area (Å²) in [5, 5.41) is 0. The van der Waals surface area contributed by atoms with E-state index in [0.29, 0.717) is 0 Å². The third-order valence-electron chi connectivity index (χ3n) is 1.95. The van der Waals surface area contributed by atoms with Crippen LogP contribution in [0.3, 0.4) is 0 Å². The SMILES string of the molecule is COc1ccc(C)c(N[Si](C)(C)C)c1. The van der Waals surface area contributed by atoms with E-state index >= 15 is 0 Å². The molecule has 0 aliphatic carbocycles. The molecular weight excluding hydrogens is 190 g/mol. The van der Waals surface area contributed by atoms with Crippen molar-refractivity contribution < 1.29 is 4.74 Å². The van der Waals surface area contributed by atoms with E-state index in [1.54, 1.807) is 7.11 Å². The van der Waals surface area contributed by atoms with Crippen molar-refractivity contribution >= 4 is 13.9 Å². The number of benzene rings is 1. The molecule has 0 heterocycles. The van der Waals surface area contributed by atoms with Gasteiger partial charge in [0, 0.05) is 11.8 Å². The van der Waals surface area contributed by atoms with E-state index in [9.17, 15) is 0 Å². The summed E-state index contributed by atoms with van der Waals surface area (Å²) < 4.78 is 5.20. The van der Waals surface area contributed by atoms with Crippen molar-refractivity contribution in [2.75, 3.05) is 12.1 Å². The topological polar surface area (TPSA) is 21.3 Å². The summed E-state index contributed by atoms with van der Waals surface area (Å²) >= 11 is 0. The molecule has 0 atom stereocenters. The highest BCUT2D eigenvalue weighted by atomic mass is 28.3. The van der Waals surface area contributed by atoms with Gasteiger partial charge in [0.25, 0.3) is 0 Å². The van der Waals surface area contributed by atoms with E-state index in [1.165, 1.54) is 11.3 Å². The molecule has 0 saturated heterocycles. The van der Waals surface area contributed by atoms with Crippen LogP contribution < -0.4 is 9.72 Å². The zero-order chi connectivity index (χ0) is 10.8. The first-order chi connectivity index (χ1) is 6.42. The number of rotatable bonds is 3. The Hall–Kier alpha value is -0.963. The van der Waals surface area contributed by atoms with Gasteiger partial charge in [-0.1, -0.05) is 25.7 Å². The number of hydrogen-bond donors (Lipinski definition) is 1. The van der Waals surface area contributed by atoms with Crippen LogP contribution in [-0.4, -0.2) is 15.3 Å². The van der Waals surface area contributed by atoms with Gasteiger partial charge in [0.1, 0.15) is 14.0 Å². The minimum atomic E-state index is -1.27. The molecule has 1 rings (SSSR count). The second-order valence-electron chi connectivity index (χ2n) is 4.56. The van der Waals surface area contributed by atoms with Crippen LogP contribution >= 0.6 is 0 Å². The van der Waals surface area contributed by atoms with E-state index in [-0.39, 0.29) is 0 Å². The van der Waals surface area contributed by atoms with Crippen LogP contribution in [0.15, 0.2) is 18.2 Å². The summed E-state index contributed by atoms with van der Waals surface area (Å²) in [6, 6.07) is 6.14. The van der Waals surface area contributed by atoms with E-state index < -0.39 is 8.24 Å². The summed E-state index contributed by atoms with van der Waals surface area (Å²) in [5.41, 5.74) is 2.47. The quantitative estimate of drug-likeness (QED) is 0.772. The van der Waals surface area contributed by atoms with Gasteiger partial charge in [0.05, 0.1) is 7.11 Å². The Kier molecular flexibility index (Phi) is 3.21. The Morgan fingerprint density at radius 1 is 1.21 bits per heavy atom. The zero-order valence-corrected chi connectivity index (χ0v) is 10.6. The van der Waals surface area contributed by atoms with Gasteiger partial charge in [-0.05, 0) is 18.6 Å². The van der Waals surface area contributed by atoms with E-state index in [0.717, 1.165) is 5.75 Å². The monoisotopic (exact) mass is 209 g/mol. The third kappa shape index (κ3) is 3.07. The van der Waals surface area contributed by atoms with Gasteiger partial charge in [-0.3, -0.25) is 0 Å². The first kappa shape index (κ1) is 11.1. The number of methoxy groups -OCH3 is 1. The molecule has 0 aliphatic rings. The molecule has 14 heavy (non-hydrogen) atoms. The van der Waals surface area contributed by atoms with Crippen molar-refractivity contribution in [3.8, 4) is 5.75 Å². The molecule has 0 aromatic heterocycles. The fourth-order valence-corrected chi connectivity index (χ4v) is 2.34. The Labute approximate surface area is 87.4 Å². The Morgan fingerprint density at radius 3 is 2.36 bits per heavy atom. The number of anilines is 1. The van der Waals surface area contributed by atoms with Gasteiger partial charge < -0.3 is 9.72 Å². The molecule has 0 amide bonds. The third-order valence-corrected chi connectivity index (χ3v) is 2.97. The van der Waals surface area contributed by atoms with Crippen LogP contribution in [0.25, 0.3) is 0 Å². The highest BCUT2D eigenvalue weighted by Gasteiger charge is 2.14. The van der Waals surface area contributed by atoms with Gasteiger partial charge in [0.2, 0.25) is 0 Å². The Morgan fingerprint density at radius 2 is 1.86 bits per heavy atom. The molecule has 0 aliphatic heterocycles. The summed E-state index contributed by atoms with van der Waals surface area (Å²) in [4.78, 5) is 3.58. The molecule has 78 valence electrons. The van der Waals surface area contributed by atoms with E-state index in [2.05, 4.69) is 43.7 Å². The molecule has 0 fully saturated rings. The lowest BCUT2D eigenvalue weighted by molar-refractivity contribution is 0.415.